The van der Waals surface area contributed by atoms with Crippen LogP contribution in [0, 0.1) is 34.5 Å². The Morgan fingerprint density at radius 1 is 0.637 bits per heavy atom. The number of rotatable bonds is 17. The number of hydrogen-bond donors (Lipinski definition) is 9. The van der Waals surface area contributed by atoms with Gasteiger partial charge in [0.2, 0.25) is 0 Å². The summed E-state index contributed by atoms with van der Waals surface area (Å²) in [6.07, 6.45) is -18.1. The van der Waals surface area contributed by atoms with Crippen LogP contribution in [-0.4, -0.2) is 246 Å². The normalized spacial score (nSPS) is 52.0. The molecule has 0 bridgehead atoms. The van der Waals surface area contributed by atoms with Crippen LogP contribution in [0.3, 0.4) is 0 Å². The first kappa shape index (κ1) is 62.8. The highest BCUT2D eigenvalue weighted by Gasteiger charge is 2.61. The zero-order valence-corrected chi connectivity index (χ0v) is 47.8. The fourth-order valence-electron chi connectivity index (χ4n) is 15.7. The summed E-state index contributed by atoms with van der Waals surface area (Å²) in [4.78, 5) is 12.1. The molecule has 9 N–H and O–H groups in total. The van der Waals surface area contributed by atoms with Gasteiger partial charge < -0.3 is 112 Å². The summed E-state index contributed by atoms with van der Waals surface area (Å²) in [6.45, 7) is 12.2. The predicted molar refractivity (Wildman–Crippen MR) is 274 cm³/mol. The van der Waals surface area contributed by atoms with Crippen LogP contribution < -0.4 is 0 Å². The minimum Gasteiger partial charge on any atom is -0.454 e. The van der Waals surface area contributed by atoms with Crippen molar-refractivity contribution < 1.29 is 117 Å². The summed E-state index contributed by atoms with van der Waals surface area (Å²) < 4.78 is 85.4. The molecule has 5 saturated heterocycles. The quantitative estimate of drug-likeness (QED) is 0.0688. The van der Waals surface area contributed by atoms with E-state index in [1.54, 1.807) is 21.0 Å². The molecule has 24 heteroatoms. The van der Waals surface area contributed by atoms with Crippen LogP contribution in [0.4, 0.5) is 0 Å². The van der Waals surface area contributed by atoms with Gasteiger partial charge in [0.25, 0.3) is 0 Å². The van der Waals surface area contributed by atoms with Gasteiger partial charge in [-0.2, -0.15) is 0 Å². The summed E-state index contributed by atoms with van der Waals surface area (Å²) in [5.74, 6) is 0.964. The van der Waals surface area contributed by atoms with Crippen molar-refractivity contribution in [1.82, 2.24) is 0 Å². The lowest BCUT2D eigenvalue weighted by Crippen LogP contribution is -2.65. The third-order valence-corrected chi connectivity index (χ3v) is 20.2. The number of esters is 1. The van der Waals surface area contributed by atoms with Crippen molar-refractivity contribution in [3.63, 3.8) is 0 Å². The second-order valence-corrected chi connectivity index (χ2v) is 24.7. The van der Waals surface area contributed by atoms with Crippen molar-refractivity contribution in [2.45, 2.75) is 266 Å². The maximum Gasteiger partial charge on any atom is 0.303 e. The minimum absolute atomic E-state index is 0.00929. The van der Waals surface area contributed by atoms with Gasteiger partial charge in [0.05, 0.1) is 49.8 Å². The number of methoxy groups -OCH3 is 3. The Balaban J connectivity index is 0.819. The van der Waals surface area contributed by atoms with E-state index >= 15 is 0 Å². The van der Waals surface area contributed by atoms with Crippen LogP contribution in [0.5, 0.6) is 0 Å². The highest BCUT2D eigenvalue weighted by atomic mass is 16.8. The van der Waals surface area contributed by atoms with Crippen molar-refractivity contribution in [2.24, 2.45) is 34.5 Å². The molecule has 0 spiro atoms. The monoisotopic (exact) mass is 1150 g/mol. The van der Waals surface area contributed by atoms with E-state index in [-0.39, 0.29) is 29.0 Å². The van der Waals surface area contributed by atoms with Crippen LogP contribution in [0.25, 0.3) is 0 Å². The van der Waals surface area contributed by atoms with Gasteiger partial charge in [-0.1, -0.05) is 25.5 Å². The average Bonchev–Trinajstić information content (AvgIpc) is 4.01. The molecule has 80 heavy (non-hydrogen) atoms. The molecule has 5 aliphatic heterocycles. The molecule has 9 aliphatic rings. The van der Waals surface area contributed by atoms with Gasteiger partial charge in [-0.25, -0.2) is 0 Å². The molecule has 9 rings (SSSR count). The van der Waals surface area contributed by atoms with Crippen molar-refractivity contribution in [3.8, 4) is 0 Å². The van der Waals surface area contributed by atoms with E-state index in [4.69, 9.17) is 66.3 Å². The number of carbonyl (C=O) groups is 1. The average molecular weight is 1150 g/mol. The molecular weight excluding hydrogens is 1060 g/mol. The summed E-state index contributed by atoms with van der Waals surface area (Å²) in [6, 6.07) is 0. The first-order valence-electron chi connectivity index (χ1n) is 29.0. The highest BCUT2D eigenvalue weighted by molar-refractivity contribution is 5.66. The fourth-order valence-corrected chi connectivity index (χ4v) is 15.7. The number of fused-ring (bicyclic) bond motifs is 5. The molecule has 460 valence electrons. The van der Waals surface area contributed by atoms with E-state index in [1.165, 1.54) is 26.7 Å². The lowest BCUT2D eigenvalue weighted by Gasteiger charge is -2.58. The van der Waals surface area contributed by atoms with Crippen molar-refractivity contribution in [3.05, 3.63) is 11.6 Å². The number of hydrogen-bond acceptors (Lipinski definition) is 24. The molecular formula is C56H92O24. The summed E-state index contributed by atoms with van der Waals surface area (Å²) >= 11 is 0. The third kappa shape index (κ3) is 12.1. The Hall–Kier alpha value is -1.67. The maximum atomic E-state index is 12.1. The van der Waals surface area contributed by atoms with Crippen LogP contribution in [-0.2, 0) is 71.1 Å². The Bertz CT molecular complexity index is 2070. The molecule has 3 saturated carbocycles. The summed E-state index contributed by atoms with van der Waals surface area (Å²) in [5.41, 5.74) is 1.38. The van der Waals surface area contributed by atoms with Crippen LogP contribution in [0.15, 0.2) is 11.6 Å². The standard InChI is InChI=1S/C56H92O24/c1-23(72-53-50(48(69-10)39(60)24(2)73-53)80-52-45(66)43(64)41(62)36(78-52)22-70-51-44(65)42(63)40(61)35(21-57)77-51)31-13-14-32-30-12-11-28-19-29(15-17-55(28,6)33(30)16-18-56(31,32)7)76-37-20-34(67-8)46(26(4)71-37)79-54-49(75-27(5)58)47(68-9)38(59)25(3)74-54/h11,23-26,29-54,57,59-66H,12-22H2,1-10H3/t23?,24-,25-,26-,29+,30?,31?,32?,33?,34+,35-,36-,37+,38+,39+,40-,41-,42+,43+,44-,45-,46-,47+,48+,49-,50-,51-,52+,53-,54+,55+,56-/m1/s1. The van der Waals surface area contributed by atoms with Crippen molar-refractivity contribution in [2.75, 3.05) is 34.5 Å². The van der Waals surface area contributed by atoms with Crippen molar-refractivity contribution >= 4 is 5.97 Å². The van der Waals surface area contributed by atoms with E-state index in [2.05, 4.69) is 19.9 Å². The van der Waals surface area contributed by atoms with Gasteiger partial charge >= 0.3 is 5.97 Å². The minimum atomic E-state index is -1.81. The van der Waals surface area contributed by atoms with Gasteiger partial charge in [-0.05, 0) is 114 Å². The van der Waals surface area contributed by atoms with Crippen LogP contribution in [0.1, 0.15) is 106 Å². The number of ether oxygens (including phenoxy) is 14. The molecule has 0 amide bonds. The van der Waals surface area contributed by atoms with Crippen LogP contribution >= 0.6 is 0 Å². The van der Waals surface area contributed by atoms with E-state index in [0.717, 1.165) is 51.4 Å². The van der Waals surface area contributed by atoms with Gasteiger partial charge in [0.1, 0.15) is 85.5 Å². The summed E-state index contributed by atoms with van der Waals surface area (Å²) in [7, 11) is 4.47. The van der Waals surface area contributed by atoms with Crippen LogP contribution in [0.2, 0.25) is 0 Å². The molecule has 5 unspecified atom stereocenters. The van der Waals surface area contributed by atoms with E-state index in [0.29, 0.717) is 24.2 Å². The molecule has 5 heterocycles. The Morgan fingerprint density at radius 3 is 1.91 bits per heavy atom. The SMILES string of the molecule is CO[C@H]1[C@@H](O)[C@@H](C)O[C@@H](O[C@H]2[C@@H](OC)C[C@H](O[C@H]3CC[C@@]4(C)C(=CCC5C6CCC(C(C)O[C@@H]7O[C@H](C)[C@H](O)[C@H](OC)[C@H]7O[C@@H]7O[C@H](CO[C@@H]8O[C@H](CO)[C@@H](O)[C@H](O)[C@H]8O)[C@@H](O)[C@H](O)[C@H]7O)[C@@]6(C)CCC54)C3)O[C@@H]2C)[C@@H]1OC(C)=O. The summed E-state index contributed by atoms with van der Waals surface area (Å²) in [5, 5.41) is 96.0. The molecule has 4 aliphatic carbocycles. The second kappa shape index (κ2) is 25.7. The first-order chi connectivity index (χ1) is 38.0. The largest absolute Gasteiger partial charge is 0.454 e. The Labute approximate surface area is 468 Å². The topological polar surface area (TPSA) is 328 Å². The lowest BCUT2D eigenvalue weighted by atomic mass is 9.47. The Morgan fingerprint density at radius 2 is 1.26 bits per heavy atom. The number of allylic oxidation sites excluding steroid dienone is 1. The van der Waals surface area contributed by atoms with E-state index < -0.39 is 167 Å². The fraction of sp³-hybridized carbons (Fsp3) is 0.946. The van der Waals surface area contributed by atoms with E-state index in [9.17, 15) is 50.8 Å². The molecule has 8 fully saturated rings. The number of carbonyl (C=O) groups excluding carboxylic acids is 1. The van der Waals surface area contributed by atoms with E-state index in [1.807, 2.05) is 13.8 Å². The first-order valence-corrected chi connectivity index (χ1v) is 29.0. The molecule has 0 aromatic rings. The smallest absolute Gasteiger partial charge is 0.303 e. The lowest BCUT2D eigenvalue weighted by molar-refractivity contribution is -0.376. The third-order valence-electron chi connectivity index (χ3n) is 20.2. The molecule has 0 radical (unpaired) electrons. The maximum absolute atomic E-state index is 12.1. The predicted octanol–water partition coefficient (Wildman–Crippen LogP) is 0.0732. The van der Waals surface area contributed by atoms with Gasteiger partial charge in [-0.3, -0.25) is 4.79 Å². The second-order valence-electron chi connectivity index (χ2n) is 24.7. The van der Waals surface area contributed by atoms with Gasteiger partial charge in [0, 0.05) is 34.7 Å². The Kier molecular flexibility index (Phi) is 20.2. The van der Waals surface area contributed by atoms with Gasteiger partial charge in [-0.15, -0.1) is 0 Å². The van der Waals surface area contributed by atoms with Crippen molar-refractivity contribution in [1.29, 1.82) is 0 Å². The molecule has 0 aromatic carbocycles. The number of aliphatic hydroxyl groups excluding tert-OH is 9. The zero-order chi connectivity index (χ0) is 57.9. The molecule has 0 aromatic heterocycles. The highest BCUT2D eigenvalue weighted by Crippen LogP contribution is 2.67. The number of aliphatic hydroxyl groups is 9. The molecule has 24 nitrogen and oxygen atoms in total. The zero-order valence-electron chi connectivity index (χ0n) is 47.8. The molecule has 32 atom stereocenters. The van der Waals surface area contributed by atoms with Gasteiger partial charge in [0.15, 0.2) is 37.6 Å².